The Hall–Kier alpha value is -2.99. The Balaban J connectivity index is 1.74. The molecule has 1 unspecified atom stereocenters. The summed E-state index contributed by atoms with van der Waals surface area (Å²) in [7, 11) is 5.89. The normalized spacial score (nSPS) is 23.1. The molecule has 0 bridgehead atoms. The minimum atomic E-state index is -0.538. The van der Waals surface area contributed by atoms with Crippen LogP contribution in [0.5, 0.6) is 5.75 Å². The number of rotatable bonds is 6. The lowest BCUT2D eigenvalue weighted by atomic mass is 9.87. The quantitative estimate of drug-likeness (QED) is 0.545. The largest absolute Gasteiger partial charge is 0.497 e. The molecule has 1 aliphatic heterocycles. The molecule has 0 radical (unpaired) electrons. The smallest absolute Gasteiger partial charge is 0.238 e. The molecule has 2 aromatic carbocycles. The van der Waals surface area contributed by atoms with Crippen LogP contribution in [-0.4, -0.2) is 55.6 Å². The van der Waals surface area contributed by atoms with Gasteiger partial charge in [-0.2, -0.15) is 0 Å². The Morgan fingerprint density at radius 1 is 1.03 bits per heavy atom. The van der Waals surface area contributed by atoms with Gasteiger partial charge in [0.1, 0.15) is 11.7 Å². The average Bonchev–Trinajstić information content (AvgIpc) is 3.12. The number of carbonyl (C=O) groups is 2. The third-order valence-electron chi connectivity index (χ3n) is 6.67. The number of methoxy groups -OCH3 is 1. The lowest BCUT2D eigenvalue weighted by Crippen LogP contribution is -2.34. The summed E-state index contributed by atoms with van der Waals surface area (Å²) in [6.07, 6.45) is 4.19. The molecule has 6 heteroatoms. The first-order valence-electron chi connectivity index (χ1n) is 11.2. The zero-order valence-electron chi connectivity index (χ0n) is 19.2. The van der Waals surface area contributed by atoms with Crippen LogP contribution in [0, 0.1) is 0 Å². The predicted octanol–water partition coefficient (Wildman–Crippen LogP) is 4.30. The molecule has 32 heavy (non-hydrogen) atoms. The second-order valence-corrected chi connectivity index (χ2v) is 8.95. The minimum absolute atomic E-state index is 0.0177. The number of nitrogens with one attached hydrogen (secondary N) is 1. The van der Waals surface area contributed by atoms with E-state index in [-0.39, 0.29) is 17.7 Å². The van der Waals surface area contributed by atoms with E-state index in [2.05, 4.69) is 24.3 Å². The van der Waals surface area contributed by atoms with Gasteiger partial charge < -0.3 is 15.0 Å². The Bertz CT molecular complexity index is 1030. The molecule has 168 valence electrons. The molecular formula is C26H31N3O3. The second kappa shape index (κ2) is 9.25. The molecule has 1 saturated carbocycles. The van der Waals surface area contributed by atoms with Gasteiger partial charge in [-0.05, 0) is 100 Å². The molecule has 4 rings (SSSR count). The van der Waals surface area contributed by atoms with Crippen LogP contribution in [0.4, 0.5) is 5.69 Å². The number of hydrogen-bond donors (Lipinski definition) is 1. The van der Waals surface area contributed by atoms with Gasteiger partial charge >= 0.3 is 0 Å². The highest BCUT2D eigenvalue weighted by molar-refractivity contribution is 6.24. The van der Waals surface area contributed by atoms with Crippen molar-refractivity contribution < 1.29 is 14.3 Å². The third kappa shape index (κ3) is 4.46. The number of amides is 1. The molecule has 1 N–H and O–H groups in total. The van der Waals surface area contributed by atoms with E-state index in [9.17, 15) is 9.59 Å². The highest BCUT2D eigenvalue weighted by Crippen LogP contribution is 2.37. The van der Waals surface area contributed by atoms with Gasteiger partial charge in [-0.25, -0.2) is 0 Å². The van der Waals surface area contributed by atoms with Crippen LogP contribution in [0.1, 0.15) is 60.0 Å². The van der Waals surface area contributed by atoms with Crippen LogP contribution in [-0.2, 0) is 4.79 Å². The van der Waals surface area contributed by atoms with E-state index in [0.717, 1.165) is 54.0 Å². The van der Waals surface area contributed by atoms with Crippen molar-refractivity contribution in [1.82, 2.24) is 4.90 Å². The molecule has 0 saturated heterocycles. The second-order valence-electron chi connectivity index (χ2n) is 8.95. The fourth-order valence-electron chi connectivity index (χ4n) is 4.73. The number of ketones is 1. The van der Waals surface area contributed by atoms with Crippen molar-refractivity contribution in [2.24, 2.45) is 4.99 Å². The van der Waals surface area contributed by atoms with Crippen molar-refractivity contribution in [3.63, 3.8) is 0 Å². The van der Waals surface area contributed by atoms with E-state index in [0.29, 0.717) is 11.6 Å². The third-order valence-corrected chi connectivity index (χ3v) is 6.67. The van der Waals surface area contributed by atoms with Crippen molar-refractivity contribution >= 4 is 23.1 Å². The number of nitrogens with zero attached hydrogens (tertiary/aromatic N) is 2. The fraction of sp³-hybridized carbons (Fsp3) is 0.423. The average molecular weight is 434 g/mol. The van der Waals surface area contributed by atoms with Crippen molar-refractivity contribution in [1.29, 1.82) is 0 Å². The van der Waals surface area contributed by atoms with Crippen LogP contribution in [0.15, 0.2) is 47.5 Å². The molecule has 1 heterocycles. The number of fused-ring (bicyclic) bond motifs is 1. The molecule has 2 aromatic rings. The van der Waals surface area contributed by atoms with Crippen LogP contribution in [0.3, 0.4) is 0 Å². The maximum atomic E-state index is 13.1. The Kier molecular flexibility index (Phi) is 6.42. The predicted molar refractivity (Wildman–Crippen MR) is 127 cm³/mol. The molecule has 2 aliphatic rings. The highest BCUT2D eigenvalue weighted by Gasteiger charge is 2.36. The van der Waals surface area contributed by atoms with E-state index in [1.54, 1.807) is 20.1 Å². The summed E-state index contributed by atoms with van der Waals surface area (Å²) in [6.45, 7) is 1.54. The molecule has 6 nitrogen and oxygen atoms in total. The summed E-state index contributed by atoms with van der Waals surface area (Å²) in [4.78, 5) is 32.6. The topological polar surface area (TPSA) is 71.0 Å². The maximum Gasteiger partial charge on any atom is 0.238 e. The molecule has 1 amide bonds. The van der Waals surface area contributed by atoms with Crippen molar-refractivity contribution in [2.75, 3.05) is 26.5 Å². The fourth-order valence-corrected chi connectivity index (χ4v) is 4.73. The summed E-state index contributed by atoms with van der Waals surface area (Å²) in [5.74, 6) is 0.104. The number of Topliss-reactive ketones (excluding diaryl/α,β-unsaturated/α-hetero) is 1. The first-order chi connectivity index (χ1) is 15.4. The Morgan fingerprint density at radius 3 is 2.28 bits per heavy atom. The summed E-state index contributed by atoms with van der Waals surface area (Å²) in [5.41, 5.74) is 3.84. The lowest BCUT2D eigenvalue weighted by molar-refractivity contribution is -0.115. The van der Waals surface area contributed by atoms with E-state index in [1.165, 1.54) is 0 Å². The number of ether oxygens (including phenoxy) is 1. The van der Waals surface area contributed by atoms with E-state index in [1.807, 2.05) is 36.4 Å². The summed E-state index contributed by atoms with van der Waals surface area (Å²) in [5, 5.41) is 2.98. The highest BCUT2D eigenvalue weighted by atomic mass is 16.5. The van der Waals surface area contributed by atoms with E-state index >= 15 is 0 Å². The van der Waals surface area contributed by atoms with E-state index < -0.39 is 5.92 Å². The SMILES string of the molecule is COc1ccc(C(=NC2CCC(N(C)C)CC2)C2C(=O)Nc3ccc(C(C)=O)cc32)cc1. The monoisotopic (exact) mass is 433 g/mol. The van der Waals surface area contributed by atoms with Crippen LogP contribution in [0.2, 0.25) is 0 Å². The van der Waals surface area contributed by atoms with Gasteiger partial charge in [0.05, 0.1) is 18.9 Å². The van der Waals surface area contributed by atoms with Crippen molar-refractivity contribution in [3.05, 3.63) is 59.2 Å². The molecular weight excluding hydrogens is 402 g/mol. The van der Waals surface area contributed by atoms with Gasteiger partial charge in [0, 0.05) is 17.3 Å². The molecule has 0 aromatic heterocycles. The van der Waals surface area contributed by atoms with Gasteiger partial charge in [-0.15, -0.1) is 0 Å². The lowest BCUT2D eigenvalue weighted by Gasteiger charge is -2.31. The van der Waals surface area contributed by atoms with Gasteiger partial charge in [0.2, 0.25) is 5.91 Å². The van der Waals surface area contributed by atoms with Gasteiger partial charge in [0.25, 0.3) is 0 Å². The van der Waals surface area contributed by atoms with Crippen LogP contribution in [0.25, 0.3) is 0 Å². The molecule has 1 aliphatic carbocycles. The van der Waals surface area contributed by atoms with Crippen LogP contribution < -0.4 is 10.1 Å². The first-order valence-corrected chi connectivity index (χ1v) is 11.2. The van der Waals surface area contributed by atoms with Gasteiger partial charge in [0.15, 0.2) is 5.78 Å². The van der Waals surface area contributed by atoms with Crippen molar-refractivity contribution in [3.8, 4) is 5.75 Å². The minimum Gasteiger partial charge on any atom is -0.497 e. The maximum absolute atomic E-state index is 13.1. The van der Waals surface area contributed by atoms with Crippen molar-refractivity contribution in [2.45, 2.75) is 50.6 Å². The van der Waals surface area contributed by atoms with Gasteiger partial charge in [-0.1, -0.05) is 0 Å². The number of benzene rings is 2. The summed E-state index contributed by atoms with van der Waals surface area (Å²) in [6, 6.07) is 13.9. The van der Waals surface area contributed by atoms with Crippen LogP contribution >= 0.6 is 0 Å². The first kappa shape index (κ1) is 22.2. The number of anilines is 1. The molecule has 1 atom stereocenters. The number of carbonyl (C=O) groups excluding carboxylic acids is 2. The van der Waals surface area contributed by atoms with Gasteiger partial charge in [-0.3, -0.25) is 14.6 Å². The summed E-state index contributed by atoms with van der Waals surface area (Å²) < 4.78 is 5.32. The zero-order valence-corrected chi connectivity index (χ0v) is 19.2. The molecule has 0 spiro atoms. The van der Waals surface area contributed by atoms with E-state index in [4.69, 9.17) is 9.73 Å². The number of hydrogen-bond acceptors (Lipinski definition) is 5. The summed E-state index contributed by atoms with van der Waals surface area (Å²) >= 11 is 0. The molecule has 1 fully saturated rings. The Morgan fingerprint density at radius 2 is 1.69 bits per heavy atom. The number of aliphatic imine (C=N–C) groups is 1. The standard InChI is InChI=1S/C26H31N3O3/c1-16(30)18-7-14-23-22(15-18)24(26(31)28-23)25(17-5-12-21(32-4)13-6-17)27-19-8-10-20(11-9-19)29(2)3/h5-7,12-15,19-20,24H,8-11H2,1-4H3,(H,28,31). The Labute approximate surface area is 189 Å². The zero-order chi connectivity index (χ0) is 22.8.